The molecule has 0 aromatic heterocycles. The summed E-state index contributed by atoms with van der Waals surface area (Å²) in [5, 5.41) is 0. The SMILES string of the molecule is COc1ccc(C2=CCN(C(=O)N3CCOCC3)CC2)cc1. The average molecular weight is 302 g/mol. The second-order valence-corrected chi connectivity index (χ2v) is 5.54. The van der Waals surface area contributed by atoms with Crippen molar-refractivity contribution < 1.29 is 14.3 Å². The van der Waals surface area contributed by atoms with Crippen LogP contribution in [0.25, 0.3) is 5.57 Å². The minimum atomic E-state index is 0.133. The third-order valence-electron chi connectivity index (χ3n) is 4.22. The van der Waals surface area contributed by atoms with E-state index >= 15 is 0 Å². The number of hydrogen-bond donors (Lipinski definition) is 0. The van der Waals surface area contributed by atoms with Crippen LogP contribution in [0.15, 0.2) is 30.3 Å². The number of carbonyl (C=O) groups excluding carboxylic acids is 1. The second kappa shape index (κ2) is 6.83. The number of amides is 2. The van der Waals surface area contributed by atoms with Gasteiger partial charge in [0.25, 0.3) is 0 Å². The lowest BCUT2D eigenvalue weighted by molar-refractivity contribution is 0.0441. The molecular formula is C17H22N2O3. The Kier molecular flexibility index (Phi) is 4.63. The van der Waals surface area contributed by atoms with E-state index in [0.29, 0.717) is 32.8 Å². The van der Waals surface area contributed by atoms with Crippen LogP contribution in [0.5, 0.6) is 5.75 Å². The summed E-state index contributed by atoms with van der Waals surface area (Å²) in [6.07, 6.45) is 3.05. The highest BCUT2D eigenvalue weighted by Crippen LogP contribution is 2.24. The van der Waals surface area contributed by atoms with E-state index in [-0.39, 0.29) is 6.03 Å². The number of nitrogens with zero attached hydrogens (tertiary/aromatic N) is 2. The molecule has 5 heteroatoms. The van der Waals surface area contributed by atoms with Gasteiger partial charge in [0.1, 0.15) is 5.75 Å². The van der Waals surface area contributed by atoms with Gasteiger partial charge >= 0.3 is 6.03 Å². The van der Waals surface area contributed by atoms with E-state index in [1.54, 1.807) is 7.11 Å². The molecule has 0 spiro atoms. The quantitative estimate of drug-likeness (QED) is 0.841. The average Bonchev–Trinajstić information content (AvgIpc) is 2.62. The molecule has 2 amide bonds. The number of morpholine rings is 1. The Hall–Kier alpha value is -2.01. The van der Waals surface area contributed by atoms with Crippen LogP contribution >= 0.6 is 0 Å². The molecule has 1 saturated heterocycles. The summed E-state index contributed by atoms with van der Waals surface area (Å²) >= 11 is 0. The van der Waals surface area contributed by atoms with Gasteiger partial charge in [-0.15, -0.1) is 0 Å². The third kappa shape index (κ3) is 3.25. The first-order valence-corrected chi connectivity index (χ1v) is 7.73. The summed E-state index contributed by atoms with van der Waals surface area (Å²) in [5.74, 6) is 0.865. The number of benzene rings is 1. The van der Waals surface area contributed by atoms with Gasteiger partial charge in [0.15, 0.2) is 0 Å². The number of methoxy groups -OCH3 is 1. The molecule has 2 aliphatic heterocycles. The van der Waals surface area contributed by atoms with Gasteiger partial charge in [0, 0.05) is 26.2 Å². The Labute approximate surface area is 131 Å². The second-order valence-electron chi connectivity index (χ2n) is 5.54. The van der Waals surface area contributed by atoms with Gasteiger partial charge in [0.2, 0.25) is 0 Å². The van der Waals surface area contributed by atoms with Gasteiger partial charge in [-0.05, 0) is 29.7 Å². The Morgan fingerprint density at radius 1 is 1.09 bits per heavy atom. The molecule has 0 bridgehead atoms. The number of ether oxygens (including phenoxy) is 2. The molecule has 0 unspecified atom stereocenters. The molecule has 22 heavy (non-hydrogen) atoms. The largest absolute Gasteiger partial charge is 0.497 e. The summed E-state index contributed by atoms with van der Waals surface area (Å²) in [6.45, 7) is 4.14. The number of carbonyl (C=O) groups is 1. The van der Waals surface area contributed by atoms with Crippen molar-refractivity contribution in [3.05, 3.63) is 35.9 Å². The Morgan fingerprint density at radius 2 is 1.82 bits per heavy atom. The van der Waals surface area contributed by atoms with Gasteiger partial charge in [-0.3, -0.25) is 0 Å². The van der Waals surface area contributed by atoms with Crippen molar-refractivity contribution in [1.82, 2.24) is 9.80 Å². The molecule has 3 rings (SSSR count). The van der Waals surface area contributed by atoms with Crippen LogP contribution in [0, 0.1) is 0 Å². The monoisotopic (exact) mass is 302 g/mol. The zero-order valence-electron chi connectivity index (χ0n) is 13.0. The summed E-state index contributed by atoms with van der Waals surface area (Å²) < 4.78 is 10.5. The van der Waals surface area contributed by atoms with Crippen LogP contribution in [0.1, 0.15) is 12.0 Å². The highest BCUT2D eigenvalue weighted by Gasteiger charge is 2.24. The third-order valence-corrected chi connectivity index (χ3v) is 4.22. The summed E-state index contributed by atoms with van der Waals surface area (Å²) in [4.78, 5) is 16.2. The molecule has 1 aromatic rings. The maximum Gasteiger partial charge on any atom is 0.320 e. The van der Waals surface area contributed by atoms with E-state index in [9.17, 15) is 4.79 Å². The van der Waals surface area contributed by atoms with Gasteiger partial charge in [-0.2, -0.15) is 0 Å². The Bertz CT molecular complexity index is 548. The maximum atomic E-state index is 12.4. The highest BCUT2D eigenvalue weighted by atomic mass is 16.5. The van der Waals surface area contributed by atoms with E-state index in [0.717, 1.165) is 18.7 Å². The van der Waals surface area contributed by atoms with Crippen LogP contribution in [0.3, 0.4) is 0 Å². The zero-order valence-corrected chi connectivity index (χ0v) is 13.0. The standard InChI is InChI=1S/C17H22N2O3/c1-21-16-4-2-14(3-5-16)15-6-8-18(9-7-15)17(20)19-10-12-22-13-11-19/h2-6H,7-13H2,1H3. The fraction of sp³-hybridized carbons (Fsp3) is 0.471. The molecule has 2 heterocycles. The van der Waals surface area contributed by atoms with Crippen molar-refractivity contribution in [3.8, 4) is 5.75 Å². The zero-order chi connectivity index (χ0) is 15.4. The fourth-order valence-corrected chi connectivity index (χ4v) is 2.86. The number of rotatable bonds is 2. The first-order chi connectivity index (χ1) is 10.8. The van der Waals surface area contributed by atoms with Gasteiger partial charge in [-0.25, -0.2) is 4.79 Å². The summed E-state index contributed by atoms with van der Waals surface area (Å²) in [6, 6.07) is 8.23. The first kappa shape index (κ1) is 14.9. The highest BCUT2D eigenvalue weighted by molar-refractivity contribution is 5.77. The van der Waals surface area contributed by atoms with Crippen molar-refractivity contribution >= 4 is 11.6 Å². The van der Waals surface area contributed by atoms with E-state index in [4.69, 9.17) is 9.47 Å². The van der Waals surface area contributed by atoms with Crippen molar-refractivity contribution in [3.63, 3.8) is 0 Å². The van der Waals surface area contributed by atoms with Crippen molar-refractivity contribution in [2.45, 2.75) is 6.42 Å². The Balaban J connectivity index is 1.62. The number of hydrogen-bond acceptors (Lipinski definition) is 3. The molecular weight excluding hydrogens is 280 g/mol. The maximum absolute atomic E-state index is 12.4. The van der Waals surface area contributed by atoms with Crippen LogP contribution in [0.4, 0.5) is 4.79 Å². The first-order valence-electron chi connectivity index (χ1n) is 7.73. The molecule has 118 valence electrons. The summed E-state index contributed by atoms with van der Waals surface area (Å²) in [7, 11) is 1.67. The predicted molar refractivity (Wildman–Crippen MR) is 84.9 cm³/mol. The van der Waals surface area contributed by atoms with Crippen LogP contribution in [-0.2, 0) is 4.74 Å². The van der Waals surface area contributed by atoms with Crippen LogP contribution in [-0.4, -0.2) is 62.3 Å². The molecule has 0 radical (unpaired) electrons. The van der Waals surface area contributed by atoms with E-state index in [1.807, 2.05) is 21.9 Å². The fourth-order valence-electron chi connectivity index (χ4n) is 2.86. The lowest BCUT2D eigenvalue weighted by Gasteiger charge is -2.34. The van der Waals surface area contributed by atoms with Gasteiger partial charge in [-0.1, -0.05) is 18.2 Å². The van der Waals surface area contributed by atoms with Gasteiger partial charge < -0.3 is 19.3 Å². The predicted octanol–water partition coefficient (Wildman–Crippen LogP) is 2.24. The lowest BCUT2D eigenvalue weighted by Crippen LogP contribution is -2.49. The molecule has 0 atom stereocenters. The molecule has 1 fully saturated rings. The van der Waals surface area contributed by atoms with Crippen molar-refractivity contribution in [2.75, 3.05) is 46.5 Å². The molecule has 0 saturated carbocycles. The molecule has 0 N–H and O–H groups in total. The molecule has 1 aromatic carbocycles. The topological polar surface area (TPSA) is 42.0 Å². The normalized spacial score (nSPS) is 18.9. The molecule has 0 aliphatic carbocycles. The van der Waals surface area contributed by atoms with Gasteiger partial charge in [0.05, 0.1) is 20.3 Å². The van der Waals surface area contributed by atoms with E-state index in [1.165, 1.54) is 11.1 Å². The molecule has 5 nitrogen and oxygen atoms in total. The van der Waals surface area contributed by atoms with Crippen LogP contribution < -0.4 is 4.74 Å². The lowest BCUT2D eigenvalue weighted by atomic mass is 9.99. The smallest absolute Gasteiger partial charge is 0.320 e. The Morgan fingerprint density at radius 3 is 2.41 bits per heavy atom. The number of urea groups is 1. The molecule has 2 aliphatic rings. The minimum absolute atomic E-state index is 0.133. The minimum Gasteiger partial charge on any atom is -0.497 e. The van der Waals surface area contributed by atoms with Crippen molar-refractivity contribution in [1.29, 1.82) is 0 Å². The van der Waals surface area contributed by atoms with E-state index < -0.39 is 0 Å². The van der Waals surface area contributed by atoms with Crippen LogP contribution in [0.2, 0.25) is 0 Å². The van der Waals surface area contributed by atoms with E-state index in [2.05, 4.69) is 18.2 Å². The van der Waals surface area contributed by atoms with Crippen molar-refractivity contribution in [2.24, 2.45) is 0 Å². The summed E-state index contributed by atoms with van der Waals surface area (Å²) in [5.41, 5.74) is 2.51.